The number of nitrogen functional groups attached to an aromatic ring is 1. The topological polar surface area (TPSA) is 59.2 Å². The van der Waals surface area contributed by atoms with Gasteiger partial charge in [-0.1, -0.05) is 19.8 Å². The lowest BCUT2D eigenvalue weighted by atomic mass is 9.86. The average Bonchev–Trinajstić information content (AvgIpc) is 2.40. The molecule has 1 aromatic heterocycles. The molecule has 5 heteroatoms. The van der Waals surface area contributed by atoms with Gasteiger partial charge < -0.3 is 10.6 Å². The molecule has 1 aliphatic carbocycles. The van der Waals surface area contributed by atoms with Crippen LogP contribution >= 0.6 is 0 Å². The van der Waals surface area contributed by atoms with E-state index in [2.05, 4.69) is 11.9 Å². The molecule has 104 valence electrons. The smallest absolute Gasteiger partial charge is 0.257 e. The van der Waals surface area contributed by atoms with E-state index in [-0.39, 0.29) is 23.3 Å². The molecule has 0 radical (unpaired) electrons. The van der Waals surface area contributed by atoms with Crippen molar-refractivity contribution in [1.29, 1.82) is 0 Å². The molecule has 2 rings (SSSR count). The maximum atomic E-state index is 13.8. The highest BCUT2D eigenvalue weighted by Gasteiger charge is 2.27. The Morgan fingerprint density at radius 2 is 2.26 bits per heavy atom. The molecule has 1 fully saturated rings. The van der Waals surface area contributed by atoms with Gasteiger partial charge in [0.25, 0.3) is 5.91 Å². The zero-order valence-corrected chi connectivity index (χ0v) is 11.4. The van der Waals surface area contributed by atoms with E-state index in [9.17, 15) is 9.18 Å². The van der Waals surface area contributed by atoms with Crippen LogP contribution in [0.1, 0.15) is 43.0 Å². The molecule has 0 spiro atoms. The third kappa shape index (κ3) is 2.85. The molecule has 1 aromatic rings. The van der Waals surface area contributed by atoms with E-state index in [1.165, 1.54) is 18.7 Å². The fraction of sp³-hybridized carbons (Fsp3) is 0.571. The number of hydrogen-bond donors (Lipinski definition) is 1. The van der Waals surface area contributed by atoms with Gasteiger partial charge in [0.1, 0.15) is 0 Å². The minimum absolute atomic E-state index is 0.00762. The van der Waals surface area contributed by atoms with Crippen molar-refractivity contribution in [2.24, 2.45) is 5.92 Å². The second kappa shape index (κ2) is 5.55. The molecule has 4 nitrogen and oxygen atoms in total. The molecular weight excluding hydrogens is 245 g/mol. The largest absolute Gasteiger partial charge is 0.381 e. The summed E-state index contributed by atoms with van der Waals surface area (Å²) in [6.07, 6.45) is 5.64. The number of carbonyl (C=O) groups excluding carboxylic acids is 1. The minimum atomic E-state index is -0.719. The number of aromatic nitrogens is 1. The molecule has 2 N–H and O–H groups in total. The summed E-state index contributed by atoms with van der Waals surface area (Å²) in [7, 11) is 1.74. The Kier molecular flexibility index (Phi) is 4.02. The van der Waals surface area contributed by atoms with E-state index < -0.39 is 5.82 Å². The Balaban J connectivity index is 2.16. The van der Waals surface area contributed by atoms with Crippen LogP contribution in [-0.4, -0.2) is 28.9 Å². The summed E-state index contributed by atoms with van der Waals surface area (Å²) < 4.78 is 13.8. The van der Waals surface area contributed by atoms with Crippen LogP contribution in [0.15, 0.2) is 12.3 Å². The lowest BCUT2D eigenvalue weighted by Crippen LogP contribution is -2.40. The molecule has 0 aromatic carbocycles. The van der Waals surface area contributed by atoms with Crippen molar-refractivity contribution in [3.8, 4) is 0 Å². The molecule has 1 aliphatic rings. The van der Waals surface area contributed by atoms with Gasteiger partial charge in [0.05, 0.1) is 5.56 Å². The first-order valence-electron chi connectivity index (χ1n) is 6.67. The minimum Gasteiger partial charge on any atom is -0.381 e. The first kappa shape index (κ1) is 13.8. The average molecular weight is 265 g/mol. The summed E-state index contributed by atoms with van der Waals surface area (Å²) in [6, 6.07) is 1.57. The van der Waals surface area contributed by atoms with Gasteiger partial charge in [0.2, 0.25) is 0 Å². The number of nitrogens with zero attached hydrogens (tertiary/aromatic N) is 2. The first-order chi connectivity index (χ1) is 9.00. The van der Waals surface area contributed by atoms with Crippen molar-refractivity contribution in [1.82, 2.24) is 9.88 Å². The lowest BCUT2D eigenvalue weighted by molar-refractivity contribution is 0.0667. The van der Waals surface area contributed by atoms with E-state index >= 15 is 0 Å². The normalized spacial score (nSPS) is 23.1. The highest BCUT2D eigenvalue weighted by Crippen LogP contribution is 2.27. The van der Waals surface area contributed by atoms with Crippen molar-refractivity contribution in [2.75, 3.05) is 12.8 Å². The lowest BCUT2D eigenvalue weighted by Gasteiger charge is -2.34. The van der Waals surface area contributed by atoms with Crippen LogP contribution in [-0.2, 0) is 0 Å². The fourth-order valence-corrected chi connectivity index (χ4v) is 2.73. The Bertz CT molecular complexity index is 478. The summed E-state index contributed by atoms with van der Waals surface area (Å²) in [4.78, 5) is 17.6. The molecule has 1 heterocycles. The van der Waals surface area contributed by atoms with Crippen LogP contribution in [0.25, 0.3) is 0 Å². The highest BCUT2D eigenvalue weighted by atomic mass is 19.1. The number of carbonyl (C=O) groups is 1. The van der Waals surface area contributed by atoms with Crippen LogP contribution in [0.5, 0.6) is 0 Å². The second-order valence-electron chi connectivity index (χ2n) is 5.40. The van der Waals surface area contributed by atoms with E-state index in [0.717, 1.165) is 19.3 Å². The zero-order chi connectivity index (χ0) is 14.0. The number of anilines is 1. The Labute approximate surface area is 112 Å². The second-order valence-corrected chi connectivity index (χ2v) is 5.40. The predicted octanol–water partition coefficient (Wildman–Crippen LogP) is 2.45. The quantitative estimate of drug-likeness (QED) is 0.893. The van der Waals surface area contributed by atoms with Crippen LogP contribution in [0.4, 0.5) is 10.2 Å². The Hall–Kier alpha value is -1.65. The van der Waals surface area contributed by atoms with Gasteiger partial charge in [-0.05, 0) is 24.8 Å². The number of nitrogens with two attached hydrogens (primary N) is 1. The monoisotopic (exact) mass is 265 g/mol. The van der Waals surface area contributed by atoms with Crippen molar-refractivity contribution < 1.29 is 9.18 Å². The summed E-state index contributed by atoms with van der Waals surface area (Å²) in [6.45, 7) is 2.19. The number of pyridine rings is 1. The molecule has 0 aliphatic heterocycles. The molecular formula is C14H20FN3O. The first-order valence-corrected chi connectivity index (χ1v) is 6.67. The van der Waals surface area contributed by atoms with Gasteiger partial charge in [0, 0.05) is 19.3 Å². The van der Waals surface area contributed by atoms with E-state index in [0.29, 0.717) is 5.92 Å². The van der Waals surface area contributed by atoms with Crippen molar-refractivity contribution >= 4 is 11.7 Å². The number of halogens is 1. The van der Waals surface area contributed by atoms with Crippen LogP contribution in [0, 0.1) is 11.7 Å². The Morgan fingerprint density at radius 1 is 1.53 bits per heavy atom. The van der Waals surface area contributed by atoms with E-state index in [4.69, 9.17) is 5.73 Å². The molecule has 0 saturated heterocycles. The van der Waals surface area contributed by atoms with Crippen LogP contribution in [0.2, 0.25) is 0 Å². The zero-order valence-electron chi connectivity index (χ0n) is 11.4. The molecule has 2 unspecified atom stereocenters. The summed E-state index contributed by atoms with van der Waals surface area (Å²) in [5.74, 6) is -0.647. The summed E-state index contributed by atoms with van der Waals surface area (Å²) in [5.41, 5.74) is 5.41. The number of hydrogen-bond acceptors (Lipinski definition) is 3. The van der Waals surface area contributed by atoms with Gasteiger partial charge in [-0.25, -0.2) is 9.37 Å². The van der Waals surface area contributed by atoms with Crippen LogP contribution in [0.3, 0.4) is 0 Å². The van der Waals surface area contributed by atoms with Gasteiger partial charge in [0.15, 0.2) is 11.6 Å². The number of rotatable bonds is 2. The van der Waals surface area contributed by atoms with Gasteiger partial charge >= 0.3 is 0 Å². The van der Waals surface area contributed by atoms with Crippen molar-refractivity contribution in [3.63, 3.8) is 0 Å². The van der Waals surface area contributed by atoms with Gasteiger partial charge in [-0.3, -0.25) is 4.79 Å². The molecule has 0 bridgehead atoms. The van der Waals surface area contributed by atoms with Crippen LogP contribution < -0.4 is 5.73 Å². The molecule has 1 amide bonds. The van der Waals surface area contributed by atoms with Crippen molar-refractivity contribution in [2.45, 2.75) is 38.6 Å². The van der Waals surface area contributed by atoms with E-state index in [1.807, 2.05) is 0 Å². The fourth-order valence-electron chi connectivity index (χ4n) is 2.73. The van der Waals surface area contributed by atoms with Gasteiger partial charge in [-0.15, -0.1) is 0 Å². The summed E-state index contributed by atoms with van der Waals surface area (Å²) >= 11 is 0. The third-order valence-electron chi connectivity index (χ3n) is 3.92. The van der Waals surface area contributed by atoms with Gasteiger partial charge in [-0.2, -0.15) is 0 Å². The summed E-state index contributed by atoms with van der Waals surface area (Å²) in [5, 5.41) is 0. The highest BCUT2D eigenvalue weighted by molar-refractivity contribution is 5.95. The maximum Gasteiger partial charge on any atom is 0.257 e. The molecule has 2 atom stereocenters. The predicted molar refractivity (Wildman–Crippen MR) is 72.1 cm³/mol. The number of amides is 1. The SMILES string of the molecule is CC1CCCC(N(C)C(=O)c2ccnc(N)c2F)C1. The third-order valence-corrected chi connectivity index (χ3v) is 3.92. The molecule has 19 heavy (non-hydrogen) atoms. The van der Waals surface area contributed by atoms with Crippen molar-refractivity contribution in [3.05, 3.63) is 23.6 Å². The standard InChI is InChI=1S/C14H20FN3O/c1-9-4-3-5-10(8-9)18(2)14(19)11-6-7-17-13(16)12(11)15/h6-7,9-10H,3-5,8H2,1-2H3,(H2,16,17). The van der Waals surface area contributed by atoms with E-state index in [1.54, 1.807) is 11.9 Å². The molecule has 1 saturated carbocycles. The maximum absolute atomic E-state index is 13.8. The Morgan fingerprint density at radius 3 is 2.95 bits per heavy atom.